The molecule has 1 saturated carbocycles. The van der Waals surface area contributed by atoms with Crippen LogP contribution < -0.4 is 5.32 Å². The fourth-order valence-corrected chi connectivity index (χ4v) is 2.28. The van der Waals surface area contributed by atoms with Crippen LogP contribution in [0.2, 0.25) is 0 Å². The summed E-state index contributed by atoms with van der Waals surface area (Å²) in [5.41, 5.74) is 0. The zero-order valence-corrected chi connectivity index (χ0v) is 10.6. The zero-order valence-electron chi connectivity index (χ0n) is 10.6. The van der Waals surface area contributed by atoms with E-state index in [0.717, 1.165) is 25.9 Å². The number of aliphatic hydroxyl groups is 1. The second kappa shape index (κ2) is 7.22. The van der Waals surface area contributed by atoms with E-state index < -0.39 is 0 Å². The predicted molar refractivity (Wildman–Crippen MR) is 63.5 cm³/mol. The molecule has 1 rings (SSSR count). The molecule has 16 heavy (non-hydrogen) atoms. The summed E-state index contributed by atoms with van der Waals surface area (Å²) < 4.78 is 11.0. The Morgan fingerprint density at radius 2 is 2.25 bits per heavy atom. The van der Waals surface area contributed by atoms with E-state index in [0.29, 0.717) is 12.1 Å². The lowest BCUT2D eigenvalue weighted by atomic mass is 9.84. The number of hydrogen-bond acceptors (Lipinski definition) is 4. The summed E-state index contributed by atoms with van der Waals surface area (Å²) in [7, 11) is 1.74. The van der Waals surface area contributed by atoms with Gasteiger partial charge in [-0.2, -0.15) is 0 Å². The molecule has 0 aromatic rings. The number of rotatable bonds is 8. The van der Waals surface area contributed by atoms with Crippen molar-refractivity contribution in [2.45, 2.75) is 57.4 Å². The van der Waals surface area contributed by atoms with Crippen molar-refractivity contribution in [3.8, 4) is 0 Å². The molecule has 0 amide bonds. The molecule has 1 fully saturated rings. The first-order valence-electron chi connectivity index (χ1n) is 6.24. The smallest absolute Gasteiger partial charge is 0.0986 e. The van der Waals surface area contributed by atoms with Crippen LogP contribution in [0.3, 0.4) is 0 Å². The van der Waals surface area contributed by atoms with Crippen LogP contribution >= 0.6 is 0 Å². The third-order valence-corrected chi connectivity index (χ3v) is 3.20. The van der Waals surface area contributed by atoms with Crippen LogP contribution in [0.25, 0.3) is 0 Å². The summed E-state index contributed by atoms with van der Waals surface area (Å²) in [5.74, 6) is 0. The molecule has 4 heteroatoms. The largest absolute Gasteiger partial charge is 0.396 e. The molecule has 0 spiro atoms. The van der Waals surface area contributed by atoms with Crippen molar-refractivity contribution < 1.29 is 14.6 Å². The molecule has 4 nitrogen and oxygen atoms in total. The molecule has 1 aliphatic rings. The van der Waals surface area contributed by atoms with Gasteiger partial charge in [-0.1, -0.05) is 0 Å². The Morgan fingerprint density at radius 3 is 2.81 bits per heavy atom. The maximum Gasteiger partial charge on any atom is 0.0986 e. The summed E-state index contributed by atoms with van der Waals surface area (Å²) in [6, 6.07) is 0.826. The van der Waals surface area contributed by atoms with Crippen molar-refractivity contribution in [2.75, 3.05) is 20.3 Å². The number of hydrogen-bond donors (Lipinski definition) is 2. The standard InChI is InChI=1S/C12H25NO3/c1-4-16-11-8-10(12(11)15-3)13-9(2)6-5-7-14/h9-14H,4-8H2,1-3H3. The minimum absolute atomic E-state index is 0.177. The highest BCUT2D eigenvalue weighted by Crippen LogP contribution is 2.27. The molecule has 0 bridgehead atoms. The molecule has 2 N–H and O–H groups in total. The van der Waals surface area contributed by atoms with Gasteiger partial charge in [-0.3, -0.25) is 0 Å². The molecule has 96 valence electrons. The van der Waals surface area contributed by atoms with Gasteiger partial charge < -0.3 is 19.9 Å². The van der Waals surface area contributed by atoms with Crippen molar-refractivity contribution in [3.63, 3.8) is 0 Å². The van der Waals surface area contributed by atoms with Crippen LogP contribution in [0.5, 0.6) is 0 Å². The summed E-state index contributed by atoms with van der Waals surface area (Å²) in [5, 5.41) is 12.3. The summed E-state index contributed by atoms with van der Waals surface area (Å²) in [6.07, 6.45) is 3.31. The van der Waals surface area contributed by atoms with E-state index in [1.165, 1.54) is 0 Å². The average Bonchev–Trinajstić information content (AvgIpc) is 2.25. The normalized spacial score (nSPS) is 31.1. The number of methoxy groups -OCH3 is 1. The van der Waals surface area contributed by atoms with Crippen LogP contribution in [-0.4, -0.2) is 49.7 Å². The lowest BCUT2D eigenvalue weighted by Gasteiger charge is -2.44. The molecule has 4 atom stereocenters. The lowest BCUT2D eigenvalue weighted by molar-refractivity contribution is -0.133. The van der Waals surface area contributed by atoms with Gasteiger partial charge >= 0.3 is 0 Å². The molecule has 1 aliphatic carbocycles. The van der Waals surface area contributed by atoms with Crippen molar-refractivity contribution in [1.82, 2.24) is 5.32 Å². The van der Waals surface area contributed by atoms with Crippen LogP contribution in [0, 0.1) is 0 Å². The highest BCUT2D eigenvalue weighted by molar-refractivity contribution is 4.97. The van der Waals surface area contributed by atoms with E-state index in [2.05, 4.69) is 12.2 Å². The number of aliphatic hydroxyl groups excluding tert-OH is 1. The first-order valence-corrected chi connectivity index (χ1v) is 6.24. The van der Waals surface area contributed by atoms with Crippen LogP contribution in [0.4, 0.5) is 0 Å². The predicted octanol–water partition coefficient (Wildman–Crippen LogP) is 0.929. The average molecular weight is 231 g/mol. The quantitative estimate of drug-likeness (QED) is 0.652. The van der Waals surface area contributed by atoms with E-state index >= 15 is 0 Å². The highest BCUT2D eigenvalue weighted by Gasteiger charge is 2.42. The van der Waals surface area contributed by atoms with E-state index in [4.69, 9.17) is 14.6 Å². The molecule has 0 aliphatic heterocycles. The van der Waals surface area contributed by atoms with Gasteiger partial charge in [0, 0.05) is 32.4 Å². The van der Waals surface area contributed by atoms with Crippen molar-refractivity contribution >= 4 is 0 Å². The highest BCUT2D eigenvalue weighted by atomic mass is 16.5. The Kier molecular flexibility index (Phi) is 6.28. The van der Waals surface area contributed by atoms with Gasteiger partial charge in [0.15, 0.2) is 0 Å². The molecular formula is C12H25NO3. The van der Waals surface area contributed by atoms with Gasteiger partial charge in [-0.15, -0.1) is 0 Å². The van der Waals surface area contributed by atoms with E-state index in [1.807, 2.05) is 6.92 Å². The molecule has 4 unspecified atom stereocenters. The lowest BCUT2D eigenvalue weighted by Crippen LogP contribution is -2.61. The minimum Gasteiger partial charge on any atom is -0.396 e. The Hall–Kier alpha value is -0.160. The van der Waals surface area contributed by atoms with Gasteiger partial charge in [0.05, 0.1) is 12.2 Å². The zero-order chi connectivity index (χ0) is 12.0. The molecule has 0 aromatic carbocycles. The molecule has 0 aromatic heterocycles. The second-order valence-electron chi connectivity index (χ2n) is 4.47. The summed E-state index contributed by atoms with van der Waals surface area (Å²) in [6.45, 7) is 5.18. The van der Waals surface area contributed by atoms with E-state index in [-0.39, 0.29) is 18.8 Å². The fraction of sp³-hybridized carbons (Fsp3) is 1.00. The molecular weight excluding hydrogens is 206 g/mol. The Bertz CT molecular complexity index is 189. The number of ether oxygens (including phenoxy) is 2. The van der Waals surface area contributed by atoms with Crippen molar-refractivity contribution in [2.24, 2.45) is 0 Å². The molecule has 0 radical (unpaired) electrons. The second-order valence-corrected chi connectivity index (χ2v) is 4.47. The van der Waals surface area contributed by atoms with Crippen LogP contribution in [0.15, 0.2) is 0 Å². The topological polar surface area (TPSA) is 50.7 Å². The van der Waals surface area contributed by atoms with Gasteiger partial charge in [-0.25, -0.2) is 0 Å². The fourth-order valence-electron chi connectivity index (χ4n) is 2.28. The Morgan fingerprint density at radius 1 is 1.50 bits per heavy atom. The van der Waals surface area contributed by atoms with E-state index in [9.17, 15) is 0 Å². The first kappa shape index (κ1) is 13.9. The molecule has 0 saturated heterocycles. The van der Waals surface area contributed by atoms with Crippen molar-refractivity contribution in [3.05, 3.63) is 0 Å². The van der Waals surface area contributed by atoms with Crippen LogP contribution in [0.1, 0.15) is 33.1 Å². The SMILES string of the molecule is CCOC1CC(NC(C)CCCO)C1OC. The first-order chi connectivity index (χ1) is 7.72. The Labute approximate surface area is 98.3 Å². The third kappa shape index (κ3) is 3.70. The van der Waals surface area contributed by atoms with Crippen molar-refractivity contribution in [1.29, 1.82) is 0 Å². The molecule has 0 heterocycles. The summed E-state index contributed by atoms with van der Waals surface area (Å²) >= 11 is 0. The maximum absolute atomic E-state index is 8.76. The monoisotopic (exact) mass is 231 g/mol. The van der Waals surface area contributed by atoms with Gasteiger partial charge in [-0.05, 0) is 33.1 Å². The minimum atomic E-state index is 0.177. The van der Waals surface area contributed by atoms with Gasteiger partial charge in [0.1, 0.15) is 0 Å². The number of nitrogens with one attached hydrogen (secondary N) is 1. The summed E-state index contributed by atoms with van der Waals surface area (Å²) in [4.78, 5) is 0. The van der Waals surface area contributed by atoms with Gasteiger partial charge in [0.25, 0.3) is 0 Å². The van der Waals surface area contributed by atoms with Gasteiger partial charge in [0.2, 0.25) is 0 Å². The third-order valence-electron chi connectivity index (χ3n) is 3.20. The Balaban J connectivity index is 2.23. The maximum atomic E-state index is 8.76. The van der Waals surface area contributed by atoms with Crippen LogP contribution in [-0.2, 0) is 9.47 Å². The van der Waals surface area contributed by atoms with E-state index in [1.54, 1.807) is 7.11 Å².